The maximum absolute atomic E-state index is 4.61. The van der Waals surface area contributed by atoms with E-state index in [2.05, 4.69) is 79.0 Å². The highest BCUT2D eigenvalue weighted by Gasteiger charge is 2.13. The van der Waals surface area contributed by atoms with Gasteiger partial charge in [0.25, 0.3) is 0 Å². The molecule has 0 aliphatic heterocycles. The van der Waals surface area contributed by atoms with Gasteiger partial charge < -0.3 is 10.6 Å². The van der Waals surface area contributed by atoms with E-state index in [1.807, 2.05) is 25.3 Å². The summed E-state index contributed by atoms with van der Waals surface area (Å²) in [7, 11) is 0. The van der Waals surface area contributed by atoms with Crippen molar-refractivity contribution in [3.05, 3.63) is 36.0 Å². The van der Waals surface area contributed by atoms with E-state index in [9.17, 15) is 0 Å². The molecule has 25 heavy (non-hydrogen) atoms. The van der Waals surface area contributed by atoms with Crippen molar-refractivity contribution < 1.29 is 0 Å². The first-order valence-electron chi connectivity index (χ1n) is 8.45. The van der Waals surface area contributed by atoms with E-state index in [1.54, 1.807) is 11.9 Å². The molecule has 1 aromatic carbocycles. The molecule has 0 saturated carbocycles. The summed E-state index contributed by atoms with van der Waals surface area (Å²) >= 11 is 1.63. The number of aryl methyl sites for hydroxylation is 1. The van der Waals surface area contributed by atoms with Crippen LogP contribution >= 0.6 is 11.9 Å². The minimum atomic E-state index is -0.0816. The summed E-state index contributed by atoms with van der Waals surface area (Å²) in [6.07, 6.45) is 1.84. The number of hydrogen-bond acceptors (Lipinski definition) is 6. The second kappa shape index (κ2) is 7.62. The predicted molar refractivity (Wildman–Crippen MR) is 109 cm³/mol. The van der Waals surface area contributed by atoms with Gasteiger partial charge in [-0.15, -0.1) is 0 Å². The maximum Gasteiger partial charge on any atom is 0.225 e. The van der Waals surface area contributed by atoms with Gasteiger partial charge >= 0.3 is 0 Å². The van der Waals surface area contributed by atoms with Crippen LogP contribution in [0.25, 0.3) is 0 Å². The zero-order valence-corrected chi connectivity index (χ0v) is 17.0. The van der Waals surface area contributed by atoms with Gasteiger partial charge in [0.2, 0.25) is 5.95 Å². The van der Waals surface area contributed by atoms with E-state index in [1.165, 1.54) is 0 Å². The van der Waals surface area contributed by atoms with Gasteiger partial charge in [-0.25, -0.2) is 4.98 Å². The molecule has 136 valence electrons. The van der Waals surface area contributed by atoms with Crippen LogP contribution < -0.4 is 15.4 Å². The predicted octanol–water partition coefficient (Wildman–Crippen LogP) is 5.13. The summed E-state index contributed by atoms with van der Waals surface area (Å²) in [6, 6.07) is 8.29. The van der Waals surface area contributed by atoms with Crippen LogP contribution in [0.3, 0.4) is 0 Å². The highest BCUT2D eigenvalue weighted by atomic mass is 32.2. The van der Waals surface area contributed by atoms with E-state index in [0.29, 0.717) is 5.95 Å². The molecule has 2 rings (SSSR count). The Bertz CT molecular complexity index is 716. The van der Waals surface area contributed by atoms with Gasteiger partial charge in [-0.1, -0.05) is 6.07 Å². The number of nitrogens with one attached hydrogen (secondary N) is 3. The minimum Gasteiger partial charge on any atom is -0.350 e. The summed E-state index contributed by atoms with van der Waals surface area (Å²) in [5, 5.41) is 6.71. The highest BCUT2D eigenvalue weighted by Crippen LogP contribution is 2.25. The lowest BCUT2D eigenvalue weighted by Crippen LogP contribution is -2.29. The van der Waals surface area contributed by atoms with Gasteiger partial charge in [-0.05, 0) is 78.6 Å². The maximum atomic E-state index is 4.61. The van der Waals surface area contributed by atoms with E-state index in [-0.39, 0.29) is 11.1 Å². The highest BCUT2D eigenvalue weighted by molar-refractivity contribution is 7.97. The van der Waals surface area contributed by atoms with Crippen molar-refractivity contribution in [3.8, 4) is 0 Å². The molecule has 0 bridgehead atoms. The largest absolute Gasteiger partial charge is 0.350 e. The summed E-state index contributed by atoms with van der Waals surface area (Å²) in [5.41, 5.74) is 1.99. The van der Waals surface area contributed by atoms with Crippen LogP contribution in [-0.4, -0.2) is 21.0 Å². The Hall–Kier alpha value is -1.79. The Morgan fingerprint density at radius 2 is 1.72 bits per heavy atom. The number of benzene rings is 1. The van der Waals surface area contributed by atoms with Crippen LogP contribution in [0.5, 0.6) is 0 Å². The third-order valence-corrected chi connectivity index (χ3v) is 4.23. The lowest BCUT2D eigenvalue weighted by atomic mass is 10.1. The van der Waals surface area contributed by atoms with Crippen molar-refractivity contribution in [1.82, 2.24) is 14.7 Å². The van der Waals surface area contributed by atoms with E-state index < -0.39 is 0 Å². The van der Waals surface area contributed by atoms with Gasteiger partial charge in [0, 0.05) is 33.4 Å². The second-order valence-electron chi connectivity index (χ2n) is 8.21. The van der Waals surface area contributed by atoms with Crippen LogP contribution in [0.4, 0.5) is 17.5 Å². The summed E-state index contributed by atoms with van der Waals surface area (Å²) in [4.78, 5) is 10.1. The molecule has 1 heterocycles. The van der Waals surface area contributed by atoms with Gasteiger partial charge in [0.1, 0.15) is 5.82 Å². The molecule has 0 saturated heterocycles. The molecule has 3 N–H and O–H groups in total. The molecule has 0 unspecified atom stereocenters. The fraction of sp³-hybridized carbons (Fsp3) is 0.474. The van der Waals surface area contributed by atoms with Crippen LogP contribution in [0.15, 0.2) is 35.4 Å². The third kappa shape index (κ3) is 6.92. The van der Waals surface area contributed by atoms with Crippen LogP contribution in [0.1, 0.15) is 47.1 Å². The lowest BCUT2D eigenvalue weighted by molar-refractivity contribution is 0.535. The average Bonchev–Trinajstić information content (AvgIpc) is 2.47. The third-order valence-electron chi connectivity index (χ3n) is 3.03. The summed E-state index contributed by atoms with van der Waals surface area (Å²) in [5.74, 6) is 1.44. The molecule has 1 aromatic heterocycles. The van der Waals surface area contributed by atoms with Crippen molar-refractivity contribution in [1.29, 1.82) is 0 Å². The molecule has 0 spiro atoms. The topological polar surface area (TPSA) is 61.9 Å². The Morgan fingerprint density at radius 1 is 1.00 bits per heavy atom. The van der Waals surface area contributed by atoms with Gasteiger partial charge in [-0.2, -0.15) is 4.98 Å². The normalized spacial score (nSPS) is 12.1. The van der Waals surface area contributed by atoms with E-state index in [4.69, 9.17) is 0 Å². The molecular formula is C19H29N5S. The number of aromatic nitrogens is 2. The first-order chi connectivity index (χ1) is 11.5. The lowest BCUT2D eigenvalue weighted by Gasteiger charge is -2.21. The fourth-order valence-electron chi connectivity index (χ4n) is 1.95. The monoisotopic (exact) mass is 359 g/mol. The Labute approximate surface area is 155 Å². The van der Waals surface area contributed by atoms with Crippen molar-refractivity contribution in [2.45, 2.75) is 64.4 Å². The molecular weight excluding hydrogens is 330 g/mol. The molecule has 5 nitrogen and oxygen atoms in total. The standard InChI is InChI=1S/C19H29N5S/c1-13-12-20-17(23-18(2,3)4)22-16(13)21-14-9-8-10-15(11-14)25-24-19(5,6)7/h8-12,24H,1-7H3,(H2,20,21,22,23). The minimum absolute atomic E-state index is 0.0604. The van der Waals surface area contributed by atoms with Gasteiger partial charge in [0.15, 0.2) is 0 Å². The molecule has 0 atom stereocenters. The van der Waals surface area contributed by atoms with Crippen molar-refractivity contribution in [2.75, 3.05) is 10.6 Å². The molecule has 0 amide bonds. The average molecular weight is 360 g/mol. The number of hydrogen-bond donors (Lipinski definition) is 3. The van der Waals surface area contributed by atoms with E-state index >= 15 is 0 Å². The second-order valence-corrected chi connectivity index (χ2v) is 9.09. The van der Waals surface area contributed by atoms with Crippen LogP contribution in [-0.2, 0) is 0 Å². The molecule has 0 radical (unpaired) electrons. The van der Waals surface area contributed by atoms with Gasteiger partial charge in [-0.3, -0.25) is 4.72 Å². The fourth-order valence-corrected chi connectivity index (χ4v) is 2.71. The Morgan fingerprint density at radius 3 is 2.36 bits per heavy atom. The number of nitrogens with zero attached hydrogens (tertiary/aromatic N) is 2. The summed E-state index contributed by atoms with van der Waals surface area (Å²) < 4.78 is 3.43. The number of anilines is 3. The quantitative estimate of drug-likeness (QED) is 0.643. The molecule has 2 aromatic rings. The molecule has 0 fully saturated rings. The Balaban J connectivity index is 2.15. The van der Waals surface area contributed by atoms with Gasteiger partial charge in [0.05, 0.1) is 0 Å². The molecule has 0 aliphatic carbocycles. The van der Waals surface area contributed by atoms with Crippen molar-refractivity contribution in [3.63, 3.8) is 0 Å². The zero-order valence-electron chi connectivity index (χ0n) is 16.2. The number of rotatable bonds is 5. The first kappa shape index (κ1) is 19.5. The Kier molecular flexibility index (Phi) is 5.95. The van der Waals surface area contributed by atoms with Crippen LogP contribution in [0.2, 0.25) is 0 Å². The summed E-state index contributed by atoms with van der Waals surface area (Å²) in [6.45, 7) is 14.7. The van der Waals surface area contributed by atoms with E-state index in [0.717, 1.165) is 22.0 Å². The zero-order chi connectivity index (χ0) is 18.7. The smallest absolute Gasteiger partial charge is 0.225 e. The molecule has 6 heteroatoms. The van der Waals surface area contributed by atoms with Crippen LogP contribution in [0, 0.1) is 6.92 Å². The first-order valence-corrected chi connectivity index (χ1v) is 9.26. The molecule has 0 aliphatic rings. The SMILES string of the molecule is Cc1cnc(NC(C)(C)C)nc1Nc1cccc(SNC(C)(C)C)c1. The van der Waals surface area contributed by atoms with Crippen molar-refractivity contribution in [2.24, 2.45) is 0 Å². The van der Waals surface area contributed by atoms with Crippen molar-refractivity contribution >= 4 is 29.4 Å².